The minimum atomic E-state index is -1.12. The number of primary amides is 1. The first kappa shape index (κ1) is 23.4. The molecule has 0 aliphatic rings. The van der Waals surface area contributed by atoms with Gasteiger partial charge in [0.2, 0.25) is 11.7 Å². The zero-order chi connectivity index (χ0) is 24.0. The van der Waals surface area contributed by atoms with Crippen LogP contribution in [0.4, 0.5) is 0 Å². The van der Waals surface area contributed by atoms with Crippen LogP contribution in [0.2, 0.25) is 0 Å². The summed E-state index contributed by atoms with van der Waals surface area (Å²) in [7, 11) is 0. The van der Waals surface area contributed by atoms with Crippen molar-refractivity contribution in [3.8, 4) is 5.69 Å². The number of Topliss-reactive ketones (excluding diaryl/α,β-unsaturated/α-hetero) is 1. The van der Waals surface area contributed by atoms with E-state index >= 15 is 0 Å². The van der Waals surface area contributed by atoms with Gasteiger partial charge in [0.15, 0.2) is 0 Å². The van der Waals surface area contributed by atoms with Gasteiger partial charge < -0.3 is 16.4 Å². The van der Waals surface area contributed by atoms with Gasteiger partial charge in [0.1, 0.15) is 11.7 Å². The number of carbonyl (C=O) groups excluding carboxylic acids is 4. The lowest BCUT2D eigenvalue weighted by molar-refractivity contribution is -0.137. The fourth-order valence-electron chi connectivity index (χ4n) is 3.30. The second-order valence-electron chi connectivity index (χ2n) is 7.60. The second-order valence-corrected chi connectivity index (χ2v) is 7.60. The van der Waals surface area contributed by atoms with Gasteiger partial charge >= 0.3 is 0 Å². The molecule has 3 rings (SSSR count). The Labute approximate surface area is 191 Å². The number of nitrogens with two attached hydrogens (primary N) is 1. The van der Waals surface area contributed by atoms with Crippen LogP contribution in [0.1, 0.15) is 34.2 Å². The topological polar surface area (TPSA) is 136 Å². The first-order valence-corrected chi connectivity index (χ1v) is 10.3. The molecule has 0 aliphatic carbocycles. The Bertz CT molecular complexity index is 1170. The van der Waals surface area contributed by atoms with Crippen LogP contribution in [0.3, 0.4) is 0 Å². The summed E-state index contributed by atoms with van der Waals surface area (Å²) in [6.07, 6.45) is 0.124. The molecule has 9 heteroatoms. The van der Waals surface area contributed by atoms with Crippen molar-refractivity contribution in [2.45, 2.75) is 32.9 Å². The molecule has 1 atom stereocenters. The molecule has 1 heterocycles. The van der Waals surface area contributed by atoms with E-state index in [1.165, 1.54) is 11.6 Å². The molecule has 0 aliphatic heterocycles. The molecule has 0 spiro atoms. The smallest absolute Gasteiger partial charge is 0.287 e. The molecule has 3 aromatic rings. The van der Waals surface area contributed by atoms with E-state index in [1.54, 1.807) is 49.4 Å². The van der Waals surface area contributed by atoms with Crippen LogP contribution in [0, 0.1) is 6.92 Å². The van der Waals surface area contributed by atoms with Crippen molar-refractivity contribution in [2.24, 2.45) is 5.73 Å². The van der Waals surface area contributed by atoms with E-state index < -0.39 is 23.6 Å². The highest BCUT2D eigenvalue weighted by atomic mass is 16.2. The fraction of sp³-hybridized carbons (Fsp3) is 0.208. The Morgan fingerprint density at radius 1 is 1.00 bits per heavy atom. The van der Waals surface area contributed by atoms with Gasteiger partial charge in [0.25, 0.3) is 11.8 Å². The van der Waals surface area contributed by atoms with Crippen LogP contribution in [-0.4, -0.2) is 39.3 Å². The van der Waals surface area contributed by atoms with Crippen LogP contribution in [0.15, 0.2) is 60.7 Å². The third-order valence-electron chi connectivity index (χ3n) is 4.93. The van der Waals surface area contributed by atoms with Crippen molar-refractivity contribution < 1.29 is 19.2 Å². The third-order valence-corrected chi connectivity index (χ3v) is 4.93. The molecule has 0 radical (unpaired) electrons. The maximum absolute atomic E-state index is 13.1. The average Bonchev–Trinajstić information content (AvgIpc) is 3.19. The fourth-order valence-corrected chi connectivity index (χ4v) is 3.30. The van der Waals surface area contributed by atoms with Gasteiger partial charge in [-0.05, 0) is 36.2 Å². The van der Waals surface area contributed by atoms with Gasteiger partial charge in [0, 0.05) is 19.9 Å². The summed E-state index contributed by atoms with van der Waals surface area (Å²) >= 11 is 0. The summed E-state index contributed by atoms with van der Waals surface area (Å²) in [6, 6.07) is 16.7. The second kappa shape index (κ2) is 10.4. The summed E-state index contributed by atoms with van der Waals surface area (Å²) in [5, 5.41) is 9.74. The van der Waals surface area contributed by atoms with Crippen molar-refractivity contribution in [1.82, 2.24) is 20.4 Å². The van der Waals surface area contributed by atoms with E-state index in [9.17, 15) is 19.2 Å². The lowest BCUT2D eigenvalue weighted by atomic mass is 10.0. The van der Waals surface area contributed by atoms with E-state index in [2.05, 4.69) is 15.7 Å². The number of rotatable bonds is 9. The number of hydrogen-bond donors (Lipinski definition) is 3. The molecule has 0 saturated heterocycles. The maximum Gasteiger partial charge on any atom is 0.287 e. The molecule has 1 unspecified atom stereocenters. The largest absolute Gasteiger partial charge is 0.363 e. The number of amides is 3. The van der Waals surface area contributed by atoms with Crippen molar-refractivity contribution in [2.75, 3.05) is 0 Å². The van der Waals surface area contributed by atoms with Gasteiger partial charge in [-0.25, -0.2) is 4.68 Å². The van der Waals surface area contributed by atoms with E-state index in [-0.39, 0.29) is 18.0 Å². The maximum atomic E-state index is 13.1. The highest BCUT2D eigenvalue weighted by Gasteiger charge is 2.27. The van der Waals surface area contributed by atoms with E-state index in [0.29, 0.717) is 17.9 Å². The molecule has 0 fully saturated rings. The molecule has 1 aromatic heterocycles. The molecule has 2 aromatic carbocycles. The van der Waals surface area contributed by atoms with E-state index in [1.807, 2.05) is 18.2 Å². The molecular formula is C24H25N5O4. The quantitative estimate of drug-likeness (QED) is 0.424. The van der Waals surface area contributed by atoms with Crippen LogP contribution in [0.25, 0.3) is 5.69 Å². The molecule has 33 heavy (non-hydrogen) atoms. The number of aryl methyl sites for hydroxylation is 1. The molecular weight excluding hydrogens is 422 g/mol. The van der Waals surface area contributed by atoms with E-state index in [4.69, 9.17) is 5.73 Å². The number of nitrogens with one attached hydrogen (secondary N) is 2. The minimum absolute atomic E-state index is 0.124. The van der Waals surface area contributed by atoms with Gasteiger partial charge in [-0.15, -0.1) is 0 Å². The van der Waals surface area contributed by atoms with Gasteiger partial charge in [0.05, 0.1) is 11.4 Å². The molecule has 9 nitrogen and oxygen atoms in total. The lowest BCUT2D eigenvalue weighted by Crippen LogP contribution is -2.47. The number of benzene rings is 2. The zero-order valence-corrected chi connectivity index (χ0v) is 18.4. The average molecular weight is 447 g/mol. The number of ketones is 1. The monoisotopic (exact) mass is 447 g/mol. The summed E-state index contributed by atoms with van der Waals surface area (Å²) in [5.74, 6) is -2.68. The normalized spacial score (nSPS) is 11.5. The van der Waals surface area contributed by atoms with Crippen molar-refractivity contribution in [3.63, 3.8) is 0 Å². The molecule has 4 N–H and O–H groups in total. The van der Waals surface area contributed by atoms with Crippen molar-refractivity contribution >= 4 is 23.5 Å². The van der Waals surface area contributed by atoms with E-state index in [0.717, 1.165) is 11.1 Å². The minimum Gasteiger partial charge on any atom is -0.363 e. The van der Waals surface area contributed by atoms with Crippen molar-refractivity contribution in [1.29, 1.82) is 0 Å². The van der Waals surface area contributed by atoms with Gasteiger partial charge in [-0.3, -0.25) is 19.2 Å². The highest BCUT2D eigenvalue weighted by molar-refractivity contribution is 6.38. The Balaban J connectivity index is 1.83. The first-order valence-electron chi connectivity index (χ1n) is 10.3. The Morgan fingerprint density at radius 3 is 2.27 bits per heavy atom. The first-order chi connectivity index (χ1) is 15.7. The van der Waals surface area contributed by atoms with Crippen LogP contribution in [0.5, 0.6) is 0 Å². The SMILES string of the molecule is CC(=O)NCc1ccc(-n2nc(C)cc2C(=O)NC(Cc2ccccc2)C(=O)C(N)=O)cc1. The Hall–Kier alpha value is -4.27. The Morgan fingerprint density at radius 2 is 1.67 bits per heavy atom. The highest BCUT2D eigenvalue weighted by Crippen LogP contribution is 2.15. The molecule has 3 amide bonds. The Kier molecular flexibility index (Phi) is 7.34. The molecule has 170 valence electrons. The number of hydrogen-bond acceptors (Lipinski definition) is 5. The van der Waals surface area contributed by atoms with Gasteiger partial charge in [-0.2, -0.15) is 5.10 Å². The standard InChI is InChI=1S/C24H25N5O4/c1-15-12-21(29(28-15)19-10-8-18(9-11-19)14-26-16(2)30)24(33)27-20(22(31)23(25)32)13-17-6-4-3-5-7-17/h3-12,20H,13-14H2,1-2H3,(H2,25,32)(H,26,30)(H,27,33). The van der Waals surface area contributed by atoms with Crippen LogP contribution >= 0.6 is 0 Å². The molecule has 0 saturated carbocycles. The summed E-state index contributed by atoms with van der Waals surface area (Å²) in [4.78, 5) is 48.1. The van der Waals surface area contributed by atoms with Crippen molar-refractivity contribution in [3.05, 3.63) is 83.2 Å². The predicted molar refractivity (Wildman–Crippen MR) is 121 cm³/mol. The molecule has 0 bridgehead atoms. The van der Waals surface area contributed by atoms with Crippen LogP contribution < -0.4 is 16.4 Å². The number of nitrogens with zero attached hydrogens (tertiary/aromatic N) is 2. The lowest BCUT2D eigenvalue weighted by Gasteiger charge is -2.17. The third kappa shape index (κ3) is 6.13. The van der Waals surface area contributed by atoms with Crippen LogP contribution in [-0.2, 0) is 27.3 Å². The summed E-state index contributed by atoms with van der Waals surface area (Å²) in [6.45, 7) is 3.58. The summed E-state index contributed by atoms with van der Waals surface area (Å²) in [5.41, 5.74) is 8.30. The zero-order valence-electron chi connectivity index (χ0n) is 18.4. The predicted octanol–water partition coefficient (Wildman–Crippen LogP) is 1.21. The number of carbonyl (C=O) groups is 4. The summed E-state index contributed by atoms with van der Waals surface area (Å²) < 4.78 is 1.46. The van der Waals surface area contributed by atoms with Gasteiger partial charge in [-0.1, -0.05) is 42.5 Å². The number of aromatic nitrogens is 2.